The molecule has 1 heterocycles. The summed E-state index contributed by atoms with van der Waals surface area (Å²) in [4.78, 5) is 2.31. The van der Waals surface area contributed by atoms with E-state index in [9.17, 15) is 4.39 Å². The molecule has 1 aliphatic rings. The van der Waals surface area contributed by atoms with E-state index in [0.29, 0.717) is 6.04 Å². The quantitative estimate of drug-likeness (QED) is 0.911. The lowest BCUT2D eigenvalue weighted by Gasteiger charge is -2.36. The second-order valence-electron chi connectivity index (χ2n) is 5.38. The minimum Gasteiger partial charge on any atom is -0.368 e. The predicted octanol–water partition coefficient (Wildman–Crippen LogP) is 3.61. The van der Waals surface area contributed by atoms with Crippen molar-refractivity contribution in [1.82, 2.24) is 5.32 Å². The van der Waals surface area contributed by atoms with Crippen LogP contribution >= 0.6 is 15.9 Å². The summed E-state index contributed by atoms with van der Waals surface area (Å²) in [6.07, 6.45) is 1.01. The fourth-order valence-corrected chi connectivity index (χ4v) is 3.42. The van der Waals surface area contributed by atoms with Gasteiger partial charge in [0.05, 0.1) is 5.69 Å². The maximum Gasteiger partial charge on any atom is 0.124 e. The molecule has 1 fully saturated rings. The first kappa shape index (κ1) is 14.5. The molecule has 1 aliphatic heterocycles. The molecule has 1 atom stereocenters. The molecule has 0 aromatic heterocycles. The summed E-state index contributed by atoms with van der Waals surface area (Å²) in [6, 6.07) is 15.8. The number of nitrogens with zero attached hydrogens (tertiary/aromatic N) is 1. The molecule has 0 bridgehead atoms. The Labute approximate surface area is 133 Å². The lowest BCUT2D eigenvalue weighted by molar-refractivity contribution is 0.454. The van der Waals surface area contributed by atoms with Crippen molar-refractivity contribution in [2.24, 2.45) is 0 Å². The highest BCUT2D eigenvalue weighted by Crippen LogP contribution is 2.28. The normalized spacial score (nSPS) is 18.8. The third kappa shape index (κ3) is 3.63. The van der Waals surface area contributed by atoms with Crippen LogP contribution in [-0.2, 0) is 6.42 Å². The molecule has 0 radical (unpaired) electrons. The van der Waals surface area contributed by atoms with Crippen molar-refractivity contribution in [3.8, 4) is 0 Å². The van der Waals surface area contributed by atoms with E-state index in [-0.39, 0.29) is 5.82 Å². The fraction of sp³-hybridized carbons (Fsp3) is 0.294. The highest BCUT2D eigenvalue weighted by Gasteiger charge is 2.21. The summed E-state index contributed by atoms with van der Waals surface area (Å²) < 4.78 is 14.0. The van der Waals surface area contributed by atoms with Gasteiger partial charge in [-0.1, -0.05) is 30.3 Å². The maximum absolute atomic E-state index is 13.2. The van der Waals surface area contributed by atoms with E-state index in [1.807, 2.05) is 12.1 Å². The minimum atomic E-state index is -0.207. The monoisotopic (exact) mass is 348 g/mol. The van der Waals surface area contributed by atoms with Crippen LogP contribution in [0.3, 0.4) is 0 Å². The Morgan fingerprint density at radius 2 is 2.00 bits per heavy atom. The second-order valence-corrected chi connectivity index (χ2v) is 6.24. The Balaban J connectivity index is 1.71. The maximum atomic E-state index is 13.2. The number of halogens is 2. The van der Waals surface area contributed by atoms with Crippen molar-refractivity contribution in [2.75, 3.05) is 24.5 Å². The van der Waals surface area contributed by atoms with Gasteiger partial charge in [-0.15, -0.1) is 0 Å². The number of benzene rings is 2. The molecule has 4 heteroatoms. The van der Waals surface area contributed by atoms with Crippen molar-refractivity contribution in [2.45, 2.75) is 12.5 Å². The number of rotatable bonds is 3. The Morgan fingerprint density at radius 3 is 2.76 bits per heavy atom. The van der Waals surface area contributed by atoms with Gasteiger partial charge < -0.3 is 10.2 Å². The van der Waals surface area contributed by atoms with E-state index in [0.717, 1.165) is 36.2 Å². The van der Waals surface area contributed by atoms with Gasteiger partial charge >= 0.3 is 0 Å². The molecule has 1 unspecified atom stereocenters. The van der Waals surface area contributed by atoms with Gasteiger partial charge in [0.1, 0.15) is 5.82 Å². The van der Waals surface area contributed by atoms with Gasteiger partial charge in [-0.2, -0.15) is 0 Å². The lowest BCUT2D eigenvalue weighted by Crippen LogP contribution is -2.51. The van der Waals surface area contributed by atoms with Crippen LogP contribution in [0.5, 0.6) is 0 Å². The third-order valence-corrected chi connectivity index (χ3v) is 4.47. The Kier molecular flexibility index (Phi) is 4.56. The van der Waals surface area contributed by atoms with Gasteiger partial charge in [0.15, 0.2) is 0 Å². The van der Waals surface area contributed by atoms with E-state index >= 15 is 0 Å². The largest absolute Gasteiger partial charge is 0.368 e. The molecular weight excluding hydrogens is 331 g/mol. The van der Waals surface area contributed by atoms with E-state index in [4.69, 9.17) is 0 Å². The average Bonchev–Trinajstić information content (AvgIpc) is 2.48. The minimum absolute atomic E-state index is 0.207. The molecule has 2 aromatic rings. The van der Waals surface area contributed by atoms with Crippen LogP contribution in [0.1, 0.15) is 5.56 Å². The Hall–Kier alpha value is -1.39. The van der Waals surface area contributed by atoms with Crippen LogP contribution in [0, 0.1) is 5.82 Å². The number of hydrogen-bond acceptors (Lipinski definition) is 2. The summed E-state index contributed by atoms with van der Waals surface area (Å²) >= 11 is 3.47. The van der Waals surface area contributed by atoms with E-state index in [1.165, 1.54) is 17.7 Å². The van der Waals surface area contributed by atoms with E-state index in [1.54, 1.807) is 0 Å². The third-order valence-electron chi connectivity index (χ3n) is 3.83. The molecule has 1 N–H and O–H groups in total. The van der Waals surface area contributed by atoms with Crippen molar-refractivity contribution in [3.63, 3.8) is 0 Å². The van der Waals surface area contributed by atoms with Crippen molar-refractivity contribution >= 4 is 21.6 Å². The van der Waals surface area contributed by atoms with Crippen LogP contribution in [0.25, 0.3) is 0 Å². The van der Waals surface area contributed by atoms with Gasteiger partial charge in [0, 0.05) is 30.1 Å². The van der Waals surface area contributed by atoms with Gasteiger partial charge in [0.25, 0.3) is 0 Å². The van der Waals surface area contributed by atoms with Gasteiger partial charge in [-0.25, -0.2) is 4.39 Å². The molecule has 0 spiro atoms. The lowest BCUT2D eigenvalue weighted by atomic mass is 10.0. The standard InChI is InChI=1S/C17H18BrFN2/c18-16-11-14(19)6-7-17(16)21-9-8-20-15(12-21)10-13-4-2-1-3-5-13/h1-7,11,15,20H,8-10,12H2. The summed E-state index contributed by atoms with van der Waals surface area (Å²) in [7, 11) is 0. The SMILES string of the molecule is Fc1ccc(N2CCNC(Cc3ccccc3)C2)c(Br)c1. The summed E-state index contributed by atoms with van der Waals surface area (Å²) in [6.45, 7) is 2.82. The van der Waals surface area contributed by atoms with E-state index < -0.39 is 0 Å². The van der Waals surface area contributed by atoms with E-state index in [2.05, 4.69) is 50.4 Å². The summed E-state index contributed by atoms with van der Waals surface area (Å²) in [5, 5.41) is 3.57. The second kappa shape index (κ2) is 6.58. The van der Waals surface area contributed by atoms with Crippen molar-refractivity contribution in [1.29, 1.82) is 0 Å². The Morgan fingerprint density at radius 1 is 1.19 bits per heavy atom. The zero-order chi connectivity index (χ0) is 14.7. The summed E-state index contributed by atoms with van der Waals surface area (Å²) in [5.41, 5.74) is 2.41. The molecule has 2 nitrogen and oxygen atoms in total. The van der Waals surface area contributed by atoms with Crippen LogP contribution < -0.4 is 10.2 Å². The molecular formula is C17H18BrFN2. The zero-order valence-corrected chi connectivity index (χ0v) is 13.3. The number of nitrogens with one attached hydrogen (secondary N) is 1. The van der Waals surface area contributed by atoms with Crippen LogP contribution in [0.15, 0.2) is 53.0 Å². The number of piperazine rings is 1. The molecule has 2 aromatic carbocycles. The average molecular weight is 349 g/mol. The number of anilines is 1. The smallest absolute Gasteiger partial charge is 0.124 e. The zero-order valence-electron chi connectivity index (χ0n) is 11.7. The molecule has 21 heavy (non-hydrogen) atoms. The first-order valence-corrected chi connectivity index (χ1v) is 7.99. The van der Waals surface area contributed by atoms with Gasteiger partial charge in [-0.05, 0) is 46.1 Å². The Bertz CT molecular complexity index is 603. The van der Waals surface area contributed by atoms with Crippen LogP contribution in [0.2, 0.25) is 0 Å². The molecule has 0 amide bonds. The highest BCUT2D eigenvalue weighted by atomic mass is 79.9. The van der Waals surface area contributed by atoms with Crippen LogP contribution in [-0.4, -0.2) is 25.7 Å². The fourth-order valence-electron chi connectivity index (χ4n) is 2.82. The molecule has 1 saturated heterocycles. The van der Waals surface area contributed by atoms with Crippen molar-refractivity contribution in [3.05, 3.63) is 64.4 Å². The summed E-state index contributed by atoms with van der Waals surface area (Å²) in [5.74, 6) is -0.207. The molecule has 0 saturated carbocycles. The molecule has 0 aliphatic carbocycles. The first-order chi connectivity index (χ1) is 10.2. The molecule has 110 valence electrons. The number of hydrogen-bond donors (Lipinski definition) is 1. The van der Waals surface area contributed by atoms with Crippen LogP contribution in [0.4, 0.5) is 10.1 Å². The van der Waals surface area contributed by atoms with Crippen molar-refractivity contribution < 1.29 is 4.39 Å². The van der Waals surface area contributed by atoms with Gasteiger partial charge in [0.2, 0.25) is 0 Å². The topological polar surface area (TPSA) is 15.3 Å². The first-order valence-electron chi connectivity index (χ1n) is 7.20. The molecule has 3 rings (SSSR count). The predicted molar refractivity (Wildman–Crippen MR) is 88.2 cm³/mol. The highest BCUT2D eigenvalue weighted by molar-refractivity contribution is 9.10. The van der Waals surface area contributed by atoms with Gasteiger partial charge in [-0.3, -0.25) is 0 Å².